The lowest BCUT2D eigenvalue weighted by atomic mass is 10.1. The first kappa shape index (κ1) is 17.6. The van der Waals surface area contributed by atoms with Gasteiger partial charge in [0, 0.05) is 18.3 Å². The molecular formula is C20H23NO3. The lowest BCUT2D eigenvalue weighted by Gasteiger charge is -2.12. The van der Waals surface area contributed by atoms with Gasteiger partial charge in [0.15, 0.2) is 5.78 Å². The summed E-state index contributed by atoms with van der Waals surface area (Å²) >= 11 is 0. The number of anilines is 1. The Morgan fingerprint density at radius 3 is 2.08 bits per heavy atom. The number of hydrogen-bond acceptors (Lipinski definition) is 4. The monoisotopic (exact) mass is 325 g/mol. The van der Waals surface area contributed by atoms with Crippen LogP contribution in [0.1, 0.15) is 29.8 Å². The Morgan fingerprint density at radius 1 is 1.00 bits per heavy atom. The van der Waals surface area contributed by atoms with E-state index in [1.54, 1.807) is 24.3 Å². The van der Waals surface area contributed by atoms with Crippen molar-refractivity contribution in [3.05, 3.63) is 59.7 Å². The topological polar surface area (TPSA) is 47.6 Å². The van der Waals surface area contributed by atoms with Gasteiger partial charge in [0.25, 0.3) is 0 Å². The molecule has 4 heteroatoms. The minimum Gasteiger partial charge on any atom is -0.493 e. The van der Waals surface area contributed by atoms with Crippen molar-refractivity contribution in [1.82, 2.24) is 0 Å². The highest BCUT2D eigenvalue weighted by Gasteiger charge is 2.09. The van der Waals surface area contributed by atoms with Gasteiger partial charge in [-0.05, 0) is 62.4 Å². The fraction of sp³-hybridized carbons (Fsp3) is 0.250. The van der Waals surface area contributed by atoms with E-state index in [0.717, 1.165) is 11.3 Å². The van der Waals surface area contributed by atoms with Crippen LogP contribution in [0.15, 0.2) is 48.5 Å². The zero-order valence-corrected chi connectivity index (χ0v) is 14.3. The first-order valence-electron chi connectivity index (χ1n) is 8.08. The third-order valence-electron chi connectivity index (χ3n) is 3.49. The molecule has 0 aromatic heterocycles. The van der Waals surface area contributed by atoms with Crippen LogP contribution in [0, 0.1) is 0 Å². The number of ketones is 1. The van der Waals surface area contributed by atoms with Crippen molar-refractivity contribution in [3.63, 3.8) is 0 Å². The Morgan fingerprint density at radius 2 is 1.58 bits per heavy atom. The first-order valence-corrected chi connectivity index (χ1v) is 8.08. The zero-order valence-electron chi connectivity index (χ0n) is 14.3. The molecule has 0 fully saturated rings. The second-order valence-electron chi connectivity index (χ2n) is 5.06. The molecular weight excluding hydrogens is 302 g/mol. The molecule has 2 rings (SSSR count). The van der Waals surface area contributed by atoms with E-state index in [0.29, 0.717) is 30.3 Å². The zero-order chi connectivity index (χ0) is 17.4. The summed E-state index contributed by atoms with van der Waals surface area (Å²) in [6.45, 7) is 4.95. The average Bonchev–Trinajstić information content (AvgIpc) is 2.61. The fourth-order valence-electron chi connectivity index (χ4n) is 2.31. The highest BCUT2D eigenvalue weighted by molar-refractivity contribution is 6.07. The fourth-order valence-corrected chi connectivity index (χ4v) is 2.31. The molecule has 2 aromatic carbocycles. The highest BCUT2D eigenvalue weighted by Crippen LogP contribution is 2.30. The summed E-state index contributed by atoms with van der Waals surface area (Å²) in [5.41, 5.74) is 2.38. The molecule has 0 radical (unpaired) electrons. The van der Waals surface area contributed by atoms with Crippen LogP contribution in [0.3, 0.4) is 0 Å². The van der Waals surface area contributed by atoms with E-state index in [4.69, 9.17) is 9.47 Å². The molecule has 0 heterocycles. The average molecular weight is 325 g/mol. The molecule has 0 saturated carbocycles. The largest absolute Gasteiger partial charge is 0.493 e. The maximum Gasteiger partial charge on any atom is 0.185 e. The summed E-state index contributed by atoms with van der Waals surface area (Å²) in [4.78, 5) is 12.4. The summed E-state index contributed by atoms with van der Waals surface area (Å²) in [7, 11) is 1.84. The summed E-state index contributed by atoms with van der Waals surface area (Å²) in [6, 6.07) is 13.0. The molecule has 0 aliphatic heterocycles. The minimum atomic E-state index is -0.0635. The third kappa shape index (κ3) is 4.38. The second-order valence-corrected chi connectivity index (χ2v) is 5.06. The van der Waals surface area contributed by atoms with Gasteiger partial charge in [-0.1, -0.05) is 6.07 Å². The van der Waals surface area contributed by atoms with Gasteiger partial charge in [-0.25, -0.2) is 0 Å². The molecule has 0 saturated heterocycles. The normalized spacial score (nSPS) is 10.6. The lowest BCUT2D eigenvalue weighted by Crippen LogP contribution is -1.99. The summed E-state index contributed by atoms with van der Waals surface area (Å²) in [5, 5.41) is 3.03. The molecule has 4 nitrogen and oxygen atoms in total. The standard InChI is InChI=1S/C20H23NO3/c1-4-23-19-7-6-8-20(24-5-2)17(19)13-14-18(22)15-9-11-16(21-3)12-10-15/h6-14,21H,4-5H2,1-3H3. The van der Waals surface area contributed by atoms with Crippen molar-refractivity contribution >= 4 is 17.5 Å². The quantitative estimate of drug-likeness (QED) is 0.576. The molecule has 0 bridgehead atoms. The van der Waals surface area contributed by atoms with Gasteiger partial charge >= 0.3 is 0 Å². The Kier molecular flexibility index (Phi) is 6.43. The van der Waals surface area contributed by atoms with Crippen molar-refractivity contribution in [2.75, 3.05) is 25.6 Å². The maximum absolute atomic E-state index is 12.4. The van der Waals surface area contributed by atoms with Crippen LogP contribution in [-0.4, -0.2) is 26.0 Å². The lowest BCUT2D eigenvalue weighted by molar-refractivity contribution is 0.104. The van der Waals surface area contributed by atoms with E-state index in [9.17, 15) is 4.79 Å². The van der Waals surface area contributed by atoms with E-state index in [-0.39, 0.29) is 5.78 Å². The predicted octanol–water partition coefficient (Wildman–Crippen LogP) is 4.42. The number of carbonyl (C=O) groups is 1. The molecule has 0 amide bonds. The molecule has 0 aliphatic rings. The van der Waals surface area contributed by atoms with Gasteiger partial charge in [0.2, 0.25) is 0 Å². The number of benzene rings is 2. The number of ether oxygens (including phenoxy) is 2. The van der Waals surface area contributed by atoms with Crippen molar-refractivity contribution in [2.24, 2.45) is 0 Å². The van der Waals surface area contributed by atoms with E-state index in [1.807, 2.05) is 51.2 Å². The molecule has 0 unspecified atom stereocenters. The number of allylic oxidation sites excluding steroid dienone is 1. The van der Waals surface area contributed by atoms with Crippen LogP contribution in [0.2, 0.25) is 0 Å². The van der Waals surface area contributed by atoms with Crippen LogP contribution in [0.25, 0.3) is 6.08 Å². The van der Waals surface area contributed by atoms with Gasteiger partial charge in [-0.3, -0.25) is 4.79 Å². The number of nitrogens with one attached hydrogen (secondary N) is 1. The summed E-state index contributed by atoms with van der Waals surface area (Å²) in [5.74, 6) is 1.35. The van der Waals surface area contributed by atoms with Crippen molar-refractivity contribution < 1.29 is 14.3 Å². The van der Waals surface area contributed by atoms with Gasteiger partial charge in [0.1, 0.15) is 11.5 Å². The summed E-state index contributed by atoms with van der Waals surface area (Å²) in [6.07, 6.45) is 3.30. The Labute approximate surface area is 143 Å². The van der Waals surface area contributed by atoms with Crippen LogP contribution in [0.4, 0.5) is 5.69 Å². The van der Waals surface area contributed by atoms with Gasteiger partial charge in [-0.2, -0.15) is 0 Å². The number of carbonyl (C=O) groups excluding carboxylic acids is 1. The van der Waals surface area contributed by atoms with Gasteiger partial charge in [-0.15, -0.1) is 0 Å². The second kappa shape index (κ2) is 8.77. The molecule has 2 aromatic rings. The molecule has 0 aliphatic carbocycles. The predicted molar refractivity (Wildman–Crippen MR) is 98.1 cm³/mol. The molecule has 0 atom stereocenters. The summed E-state index contributed by atoms with van der Waals surface area (Å²) < 4.78 is 11.3. The maximum atomic E-state index is 12.4. The minimum absolute atomic E-state index is 0.0635. The highest BCUT2D eigenvalue weighted by atomic mass is 16.5. The Bertz CT molecular complexity index is 681. The first-order chi connectivity index (χ1) is 11.7. The van der Waals surface area contributed by atoms with Crippen molar-refractivity contribution in [1.29, 1.82) is 0 Å². The van der Waals surface area contributed by atoms with Gasteiger partial charge in [0.05, 0.1) is 18.8 Å². The number of rotatable bonds is 8. The Hall–Kier alpha value is -2.75. The number of hydrogen-bond donors (Lipinski definition) is 1. The van der Waals surface area contributed by atoms with E-state index in [1.165, 1.54) is 0 Å². The van der Waals surface area contributed by atoms with Gasteiger partial charge < -0.3 is 14.8 Å². The van der Waals surface area contributed by atoms with E-state index in [2.05, 4.69) is 5.32 Å². The van der Waals surface area contributed by atoms with Crippen LogP contribution in [0.5, 0.6) is 11.5 Å². The smallest absolute Gasteiger partial charge is 0.185 e. The SMILES string of the molecule is CCOc1cccc(OCC)c1C=CC(=O)c1ccc(NC)cc1. The molecule has 0 spiro atoms. The third-order valence-corrected chi connectivity index (χ3v) is 3.49. The van der Waals surface area contributed by atoms with Crippen LogP contribution < -0.4 is 14.8 Å². The van der Waals surface area contributed by atoms with Crippen molar-refractivity contribution in [2.45, 2.75) is 13.8 Å². The van der Waals surface area contributed by atoms with Crippen molar-refractivity contribution in [3.8, 4) is 11.5 Å². The molecule has 126 valence electrons. The van der Waals surface area contributed by atoms with E-state index >= 15 is 0 Å². The van der Waals surface area contributed by atoms with Crippen LogP contribution in [-0.2, 0) is 0 Å². The molecule has 1 N–H and O–H groups in total. The Balaban J connectivity index is 2.27. The van der Waals surface area contributed by atoms with E-state index < -0.39 is 0 Å². The molecule has 24 heavy (non-hydrogen) atoms. The van der Waals surface area contributed by atoms with Crippen LogP contribution >= 0.6 is 0 Å².